The summed E-state index contributed by atoms with van der Waals surface area (Å²) in [5, 5.41) is 2.57. The van der Waals surface area contributed by atoms with E-state index in [2.05, 4.69) is 10.3 Å². The second-order valence-corrected chi connectivity index (χ2v) is 3.86. The summed E-state index contributed by atoms with van der Waals surface area (Å²) < 4.78 is 23.3. The van der Waals surface area contributed by atoms with Gasteiger partial charge in [0.1, 0.15) is 5.56 Å². The average molecular weight is 276 g/mol. The Balaban J connectivity index is 2.21. The lowest BCUT2D eigenvalue weighted by Gasteiger charge is -2.09. The number of hydrogen-bond donors (Lipinski definition) is 1. The largest absolute Gasteiger partial charge is 0.494 e. The van der Waals surface area contributed by atoms with Crippen LogP contribution in [-0.2, 0) is 0 Å². The summed E-state index contributed by atoms with van der Waals surface area (Å²) >= 11 is 0. The summed E-state index contributed by atoms with van der Waals surface area (Å²) in [5.41, 5.74) is 0.588. The van der Waals surface area contributed by atoms with Gasteiger partial charge < -0.3 is 14.8 Å². The van der Waals surface area contributed by atoms with E-state index in [-0.39, 0.29) is 17.2 Å². The molecular formula is C14H13FN2O3. The SMILES string of the molecule is COc1ccc(NC(=O)c2cccnc2OC)cc1F. The fourth-order valence-electron chi connectivity index (χ4n) is 1.67. The van der Waals surface area contributed by atoms with E-state index in [1.807, 2.05) is 0 Å². The molecule has 0 fully saturated rings. The van der Waals surface area contributed by atoms with Crippen molar-refractivity contribution >= 4 is 11.6 Å². The summed E-state index contributed by atoms with van der Waals surface area (Å²) in [4.78, 5) is 16.0. The second-order valence-electron chi connectivity index (χ2n) is 3.86. The van der Waals surface area contributed by atoms with Crippen molar-refractivity contribution in [2.45, 2.75) is 0 Å². The number of rotatable bonds is 4. The lowest BCUT2D eigenvalue weighted by Crippen LogP contribution is -2.13. The molecule has 0 saturated carbocycles. The maximum Gasteiger partial charge on any atom is 0.261 e. The first-order valence-electron chi connectivity index (χ1n) is 5.79. The van der Waals surface area contributed by atoms with E-state index in [4.69, 9.17) is 9.47 Å². The van der Waals surface area contributed by atoms with Gasteiger partial charge in [-0.05, 0) is 24.3 Å². The van der Waals surface area contributed by atoms with Crippen LogP contribution in [-0.4, -0.2) is 25.1 Å². The highest BCUT2D eigenvalue weighted by atomic mass is 19.1. The highest BCUT2D eigenvalue weighted by Crippen LogP contribution is 2.22. The van der Waals surface area contributed by atoms with Crippen molar-refractivity contribution in [1.82, 2.24) is 4.98 Å². The number of aromatic nitrogens is 1. The number of amides is 1. The zero-order valence-corrected chi connectivity index (χ0v) is 11.0. The van der Waals surface area contributed by atoms with Gasteiger partial charge in [0, 0.05) is 18.0 Å². The minimum atomic E-state index is -0.552. The third kappa shape index (κ3) is 2.85. The Morgan fingerprint density at radius 1 is 1.25 bits per heavy atom. The minimum Gasteiger partial charge on any atom is -0.494 e. The lowest BCUT2D eigenvalue weighted by atomic mass is 10.2. The molecule has 0 bridgehead atoms. The van der Waals surface area contributed by atoms with Gasteiger partial charge in [0.2, 0.25) is 5.88 Å². The quantitative estimate of drug-likeness (QED) is 0.932. The first-order chi connectivity index (χ1) is 9.65. The third-order valence-electron chi connectivity index (χ3n) is 2.62. The van der Waals surface area contributed by atoms with Crippen LogP contribution in [0.1, 0.15) is 10.4 Å². The summed E-state index contributed by atoms with van der Waals surface area (Å²) in [7, 11) is 2.79. The summed E-state index contributed by atoms with van der Waals surface area (Å²) in [6, 6.07) is 7.35. The van der Waals surface area contributed by atoms with Crippen LogP contribution in [0.3, 0.4) is 0 Å². The van der Waals surface area contributed by atoms with Crippen molar-refractivity contribution < 1.29 is 18.7 Å². The van der Waals surface area contributed by atoms with Crippen LogP contribution >= 0.6 is 0 Å². The van der Waals surface area contributed by atoms with Crippen molar-refractivity contribution in [2.75, 3.05) is 19.5 Å². The van der Waals surface area contributed by atoms with Gasteiger partial charge in [0.15, 0.2) is 11.6 Å². The number of nitrogens with zero attached hydrogens (tertiary/aromatic N) is 1. The van der Waals surface area contributed by atoms with E-state index in [1.165, 1.54) is 32.5 Å². The predicted octanol–water partition coefficient (Wildman–Crippen LogP) is 2.49. The van der Waals surface area contributed by atoms with E-state index in [0.717, 1.165) is 0 Å². The smallest absolute Gasteiger partial charge is 0.261 e. The van der Waals surface area contributed by atoms with E-state index in [1.54, 1.807) is 18.2 Å². The van der Waals surface area contributed by atoms with Gasteiger partial charge in [-0.1, -0.05) is 0 Å². The van der Waals surface area contributed by atoms with E-state index >= 15 is 0 Å². The number of benzene rings is 1. The van der Waals surface area contributed by atoms with Gasteiger partial charge in [-0.2, -0.15) is 0 Å². The molecule has 1 aromatic carbocycles. The molecule has 0 spiro atoms. The fourth-order valence-corrected chi connectivity index (χ4v) is 1.67. The minimum absolute atomic E-state index is 0.113. The Hall–Kier alpha value is -2.63. The molecule has 2 aromatic rings. The molecule has 0 unspecified atom stereocenters. The van der Waals surface area contributed by atoms with Crippen LogP contribution in [0.15, 0.2) is 36.5 Å². The maximum atomic E-state index is 13.5. The van der Waals surface area contributed by atoms with Crippen molar-refractivity contribution in [3.05, 3.63) is 47.9 Å². The average Bonchev–Trinajstić information content (AvgIpc) is 2.47. The van der Waals surface area contributed by atoms with Gasteiger partial charge in [0.25, 0.3) is 5.91 Å². The summed E-state index contributed by atoms with van der Waals surface area (Å²) in [6.07, 6.45) is 1.52. The zero-order valence-electron chi connectivity index (χ0n) is 11.0. The number of hydrogen-bond acceptors (Lipinski definition) is 4. The van der Waals surface area contributed by atoms with Gasteiger partial charge >= 0.3 is 0 Å². The number of halogens is 1. The summed E-state index contributed by atoms with van der Waals surface area (Å²) in [5.74, 6) is -0.663. The van der Waals surface area contributed by atoms with Crippen LogP contribution in [0, 0.1) is 5.82 Å². The van der Waals surface area contributed by atoms with Gasteiger partial charge in [-0.25, -0.2) is 9.37 Å². The molecule has 104 valence electrons. The first-order valence-corrected chi connectivity index (χ1v) is 5.79. The molecule has 0 aliphatic rings. The van der Waals surface area contributed by atoms with Crippen molar-refractivity contribution in [3.63, 3.8) is 0 Å². The lowest BCUT2D eigenvalue weighted by molar-refractivity contribution is 0.102. The Labute approximate surface area is 115 Å². The Bertz CT molecular complexity index is 632. The summed E-state index contributed by atoms with van der Waals surface area (Å²) in [6.45, 7) is 0. The third-order valence-corrected chi connectivity index (χ3v) is 2.62. The van der Waals surface area contributed by atoms with Gasteiger partial charge in [0.05, 0.1) is 14.2 Å². The van der Waals surface area contributed by atoms with Crippen LogP contribution in [0.25, 0.3) is 0 Å². The highest BCUT2D eigenvalue weighted by Gasteiger charge is 2.13. The molecular weight excluding hydrogens is 263 g/mol. The Kier molecular flexibility index (Phi) is 4.14. The fraction of sp³-hybridized carbons (Fsp3) is 0.143. The van der Waals surface area contributed by atoms with Crippen molar-refractivity contribution in [2.24, 2.45) is 0 Å². The molecule has 1 aromatic heterocycles. The van der Waals surface area contributed by atoms with E-state index < -0.39 is 11.7 Å². The highest BCUT2D eigenvalue weighted by molar-refractivity contribution is 6.05. The van der Waals surface area contributed by atoms with Crippen LogP contribution in [0.2, 0.25) is 0 Å². The molecule has 1 heterocycles. The molecule has 0 radical (unpaired) electrons. The van der Waals surface area contributed by atoms with Crippen LogP contribution in [0.5, 0.6) is 11.6 Å². The number of anilines is 1. The number of ether oxygens (including phenoxy) is 2. The molecule has 0 aliphatic carbocycles. The van der Waals surface area contributed by atoms with Crippen LogP contribution in [0.4, 0.5) is 10.1 Å². The zero-order chi connectivity index (χ0) is 14.5. The van der Waals surface area contributed by atoms with Crippen molar-refractivity contribution in [1.29, 1.82) is 0 Å². The maximum absolute atomic E-state index is 13.5. The van der Waals surface area contributed by atoms with Crippen LogP contribution < -0.4 is 14.8 Å². The molecule has 0 atom stereocenters. The molecule has 1 N–H and O–H groups in total. The molecule has 0 saturated heterocycles. The predicted molar refractivity (Wildman–Crippen MR) is 71.7 cm³/mol. The second kappa shape index (κ2) is 6.01. The molecule has 6 heteroatoms. The topological polar surface area (TPSA) is 60.5 Å². The first kappa shape index (κ1) is 13.8. The monoisotopic (exact) mass is 276 g/mol. The number of carbonyl (C=O) groups is 1. The Morgan fingerprint density at radius 3 is 2.70 bits per heavy atom. The molecule has 0 aliphatic heterocycles. The Morgan fingerprint density at radius 2 is 2.05 bits per heavy atom. The number of pyridine rings is 1. The number of methoxy groups -OCH3 is 2. The van der Waals surface area contributed by atoms with E-state index in [9.17, 15) is 9.18 Å². The molecule has 20 heavy (non-hydrogen) atoms. The molecule has 2 rings (SSSR count). The number of nitrogens with one attached hydrogen (secondary N) is 1. The standard InChI is InChI=1S/C14H13FN2O3/c1-19-12-6-5-9(8-11(12)15)17-13(18)10-4-3-7-16-14(10)20-2/h3-8H,1-2H3,(H,17,18). The van der Waals surface area contributed by atoms with Crippen molar-refractivity contribution in [3.8, 4) is 11.6 Å². The molecule has 5 nitrogen and oxygen atoms in total. The normalized spacial score (nSPS) is 9.95. The number of carbonyl (C=O) groups excluding carboxylic acids is 1. The van der Waals surface area contributed by atoms with Gasteiger partial charge in [-0.3, -0.25) is 4.79 Å². The molecule has 1 amide bonds. The van der Waals surface area contributed by atoms with Gasteiger partial charge in [-0.15, -0.1) is 0 Å². The van der Waals surface area contributed by atoms with E-state index in [0.29, 0.717) is 5.69 Å².